The van der Waals surface area contributed by atoms with Crippen molar-refractivity contribution in [3.63, 3.8) is 0 Å². The lowest BCUT2D eigenvalue weighted by molar-refractivity contribution is -0.123. The van der Waals surface area contributed by atoms with Crippen LogP contribution in [0, 0.1) is 11.7 Å². The van der Waals surface area contributed by atoms with Gasteiger partial charge in [-0.1, -0.05) is 0 Å². The predicted molar refractivity (Wildman–Crippen MR) is 92.9 cm³/mol. The number of carbonyl (C=O) groups is 2. The summed E-state index contributed by atoms with van der Waals surface area (Å²) >= 11 is 0. The van der Waals surface area contributed by atoms with Crippen LogP contribution in [0.15, 0.2) is 18.2 Å². The molecule has 0 radical (unpaired) electrons. The van der Waals surface area contributed by atoms with Crippen LogP contribution in [0.25, 0.3) is 0 Å². The van der Waals surface area contributed by atoms with E-state index in [-0.39, 0.29) is 17.5 Å². The molecule has 7 nitrogen and oxygen atoms in total. The Balaban J connectivity index is 1.74. The number of anilines is 1. The molecule has 4 N–H and O–H groups in total. The Labute approximate surface area is 146 Å². The molecule has 1 aliphatic heterocycles. The zero-order valence-corrected chi connectivity index (χ0v) is 14.4. The smallest absolute Gasteiger partial charge is 0.319 e. The summed E-state index contributed by atoms with van der Waals surface area (Å²) in [6.45, 7) is 4.76. The van der Waals surface area contributed by atoms with Gasteiger partial charge in [-0.05, 0) is 38.4 Å². The van der Waals surface area contributed by atoms with Gasteiger partial charge in [-0.2, -0.15) is 0 Å². The van der Waals surface area contributed by atoms with Gasteiger partial charge >= 0.3 is 6.03 Å². The zero-order chi connectivity index (χ0) is 18.2. The van der Waals surface area contributed by atoms with Crippen LogP contribution in [0.4, 0.5) is 14.9 Å². The number of carbonyl (C=O) groups excluding carboxylic acids is 2. The summed E-state index contributed by atoms with van der Waals surface area (Å²) in [5, 5.41) is 5.15. The Kier molecular flexibility index (Phi) is 7.00. The van der Waals surface area contributed by atoms with Crippen LogP contribution in [0.2, 0.25) is 0 Å². The number of piperidine rings is 1. The molecule has 0 bridgehead atoms. The average molecular weight is 352 g/mol. The Morgan fingerprint density at radius 1 is 1.44 bits per heavy atom. The maximum Gasteiger partial charge on any atom is 0.319 e. The van der Waals surface area contributed by atoms with E-state index in [1.165, 1.54) is 12.1 Å². The standard InChI is InChI=1S/C17H25FN4O3/c1-2-25-13-5-6-15(14(18)10-13)21-17(24)20-7-9-22-8-3-4-12(11-22)16(19)23/h5-6,10,12H,2-4,7-9,11H2,1H3,(H2,19,23)(H2,20,21,24)/t12-/m0/s1. The molecule has 0 aromatic heterocycles. The van der Waals surface area contributed by atoms with Crippen molar-refractivity contribution < 1.29 is 18.7 Å². The molecule has 0 saturated carbocycles. The van der Waals surface area contributed by atoms with E-state index >= 15 is 0 Å². The maximum atomic E-state index is 13.9. The molecule has 8 heteroatoms. The highest BCUT2D eigenvalue weighted by atomic mass is 19.1. The second kappa shape index (κ2) is 9.22. The number of hydrogen-bond acceptors (Lipinski definition) is 4. The number of ether oxygens (including phenoxy) is 1. The minimum absolute atomic E-state index is 0.0905. The number of hydrogen-bond donors (Lipinski definition) is 3. The van der Waals surface area contributed by atoms with Crippen molar-refractivity contribution in [3.05, 3.63) is 24.0 Å². The number of primary amides is 1. The summed E-state index contributed by atoms with van der Waals surface area (Å²) in [7, 11) is 0. The van der Waals surface area contributed by atoms with Gasteiger partial charge in [0.05, 0.1) is 18.2 Å². The lowest BCUT2D eigenvalue weighted by Crippen LogP contribution is -2.44. The van der Waals surface area contributed by atoms with Crippen LogP contribution >= 0.6 is 0 Å². The van der Waals surface area contributed by atoms with E-state index in [9.17, 15) is 14.0 Å². The monoisotopic (exact) mass is 352 g/mol. The lowest BCUT2D eigenvalue weighted by atomic mass is 9.97. The first-order valence-corrected chi connectivity index (χ1v) is 8.48. The predicted octanol–water partition coefficient (Wildman–Crippen LogP) is 1.54. The molecule has 138 valence electrons. The highest BCUT2D eigenvalue weighted by molar-refractivity contribution is 5.89. The Morgan fingerprint density at radius 3 is 2.92 bits per heavy atom. The van der Waals surface area contributed by atoms with Crippen molar-refractivity contribution in [1.29, 1.82) is 0 Å². The van der Waals surface area contributed by atoms with Gasteiger partial charge in [-0.3, -0.25) is 4.79 Å². The minimum atomic E-state index is -0.554. The fourth-order valence-corrected chi connectivity index (χ4v) is 2.84. The minimum Gasteiger partial charge on any atom is -0.494 e. The number of nitrogens with zero attached hydrogens (tertiary/aromatic N) is 1. The third kappa shape index (κ3) is 5.90. The number of likely N-dealkylation sites (tertiary alicyclic amines) is 1. The van der Waals surface area contributed by atoms with Gasteiger partial charge < -0.3 is 26.0 Å². The second-order valence-corrected chi connectivity index (χ2v) is 6.00. The van der Waals surface area contributed by atoms with E-state index in [4.69, 9.17) is 10.5 Å². The van der Waals surface area contributed by atoms with Crippen LogP contribution in [0.5, 0.6) is 5.75 Å². The van der Waals surface area contributed by atoms with Crippen LogP contribution in [0.1, 0.15) is 19.8 Å². The van der Waals surface area contributed by atoms with Gasteiger partial charge in [-0.15, -0.1) is 0 Å². The van der Waals surface area contributed by atoms with Gasteiger partial charge in [-0.25, -0.2) is 9.18 Å². The summed E-state index contributed by atoms with van der Waals surface area (Å²) in [6, 6.07) is 3.81. The Hall–Kier alpha value is -2.35. The normalized spacial score (nSPS) is 17.8. The van der Waals surface area contributed by atoms with E-state index in [1.807, 2.05) is 6.92 Å². The quantitative estimate of drug-likeness (QED) is 0.693. The first-order valence-electron chi connectivity index (χ1n) is 8.48. The number of amides is 3. The Bertz CT molecular complexity index is 612. The van der Waals surface area contributed by atoms with Gasteiger partial charge in [0.25, 0.3) is 0 Å². The molecule has 1 atom stereocenters. The molecule has 1 aliphatic rings. The number of halogens is 1. The summed E-state index contributed by atoms with van der Waals surface area (Å²) in [5.41, 5.74) is 5.44. The largest absolute Gasteiger partial charge is 0.494 e. The van der Waals surface area contributed by atoms with E-state index in [2.05, 4.69) is 15.5 Å². The molecule has 25 heavy (non-hydrogen) atoms. The number of benzene rings is 1. The third-order valence-electron chi connectivity index (χ3n) is 4.12. The topological polar surface area (TPSA) is 96.7 Å². The molecule has 2 rings (SSSR count). The molecular weight excluding hydrogens is 327 g/mol. The second-order valence-electron chi connectivity index (χ2n) is 6.00. The van der Waals surface area contributed by atoms with Crippen molar-refractivity contribution in [1.82, 2.24) is 10.2 Å². The molecule has 1 heterocycles. The third-order valence-corrected chi connectivity index (χ3v) is 4.12. The summed E-state index contributed by atoms with van der Waals surface area (Å²) in [4.78, 5) is 25.2. The van der Waals surface area contributed by atoms with Crippen molar-refractivity contribution >= 4 is 17.6 Å². The van der Waals surface area contributed by atoms with Gasteiger partial charge in [0.2, 0.25) is 5.91 Å². The SMILES string of the molecule is CCOc1ccc(NC(=O)NCCN2CCC[C@H](C(N)=O)C2)c(F)c1. The molecule has 0 aliphatic carbocycles. The number of nitrogens with one attached hydrogen (secondary N) is 2. The van der Waals surface area contributed by atoms with Gasteiger partial charge in [0.1, 0.15) is 11.6 Å². The van der Waals surface area contributed by atoms with Crippen LogP contribution in [0.3, 0.4) is 0 Å². The highest BCUT2D eigenvalue weighted by Crippen LogP contribution is 2.20. The van der Waals surface area contributed by atoms with E-state index in [0.29, 0.717) is 32.0 Å². The molecule has 0 unspecified atom stereocenters. The maximum absolute atomic E-state index is 13.9. The van der Waals surface area contributed by atoms with E-state index in [1.54, 1.807) is 6.07 Å². The first kappa shape index (κ1) is 19.0. The van der Waals surface area contributed by atoms with Crippen molar-refractivity contribution in [2.75, 3.05) is 38.1 Å². The summed E-state index contributed by atoms with van der Waals surface area (Å²) < 4.78 is 19.1. The van der Waals surface area contributed by atoms with Crippen LogP contribution in [-0.2, 0) is 4.79 Å². The fourth-order valence-electron chi connectivity index (χ4n) is 2.84. The lowest BCUT2D eigenvalue weighted by Gasteiger charge is -2.31. The van der Waals surface area contributed by atoms with Crippen LogP contribution < -0.4 is 21.1 Å². The Morgan fingerprint density at radius 2 is 2.24 bits per heavy atom. The molecular formula is C17H25FN4O3. The van der Waals surface area contributed by atoms with E-state index < -0.39 is 11.8 Å². The molecule has 0 spiro atoms. The molecule has 1 aromatic carbocycles. The first-order chi connectivity index (χ1) is 12.0. The van der Waals surface area contributed by atoms with Gasteiger partial charge in [0, 0.05) is 25.7 Å². The van der Waals surface area contributed by atoms with Crippen molar-refractivity contribution in [3.8, 4) is 5.75 Å². The van der Waals surface area contributed by atoms with Crippen molar-refractivity contribution in [2.45, 2.75) is 19.8 Å². The molecule has 1 fully saturated rings. The zero-order valence-electron chi connectivity index (χ0n) is 14.4. The number of rotatable bonds is 7. The highest BCUT2D eigenvalue weighted by Gasteiger charge is 2.23. The van der Waals surface area contributed by atoms with E-state index in [0.717, 1.165) is 19.4 Å². The number of urea groups is 1. The fraction of sp³-hybridized carbons (Fsp3) is 0.529. The molecule has 3 amide bonds. The van der Waals surface area contributed by atoms with Gasteiger partial charge in [0.15, 0.2) is 0 Å². The molecule has 1 aromatic rings. The van der Waals surface area contributed by atoms with Crippen molar-refractivity contribution in [2.24, 2.45) is 11.7 Å². The van der Waals surface area contributed by atoms with Crippen LogP contribution in [-0.4, -0.2) is 49.6 Å². The summed E-state index contributed by atoms with van der Waals surface area (Å²) in [5.74, 6) is -0.539. The molecule has 1 saturated heterocycles. The summed E-state index contributed by atoms with van der Waals surface area (Å²) in [6.07, 6.45) is 1.73. The average Bonchev–Trinajstić information content (AvgIpc) is 2.58. The number of nitrogens with two attached hydrogens (primary N) is 1.